The van der Waals surface area contributed by atoms with Crippen LogP contribution in [-0.2, 0) is 0 Å². The molecule has 0 N–H and O–H groups in total. The molecule has 0 aliphatic carbocycles. The van der Waals surface area contributed by atoms with Crippen molar-refractivity contribution in [3.05, 3.63) is 12.3 Å². The van der Waals surface area contributed by atoms with Crippen molar-refractivity contribution < 1.29 is 0 Å². The predicted octanol–water partition coefficient (Wildman–Crippen LogP) is 7.61. The fourth-order valence-electron chi connectivity index (χ4n) is 3.06. The van der Waals surface area contributed by atoms with Gasteiger partial charge in [0.25, 0.3) is 0 Å². The Labute approximate surface area is 141 Å². The highest BCUT2D eigenvalue weighted by atomic mass is 14.5. The summed E-state index contributed by atoms with van der Waals surface area (Å²) >= 11 is 0. The molecule has 0 aromatic heterocycles. The highest BCUT2D eigenvalue weighted by Gasteiger charge is 1.94. The van der Waals surface area contributed by atoms with Crippen molar-refractivity contribution in [1.29, 1.82) is 0 Å². The summed E-state index contributed by atoms with van der Waals surface area (Å²) < 4.78 is 0. The molecule has 0 atom stereocenters. The van der Waals surface area contributed by atoms with Crippen molar-refractivity contribution in [1.82, 2.24) is 5.73 Å². The molecule has 22 heavy (non-hydrogen) atoms. The lowest BCUT2D eigenvalue weighted by Gasteiger charge is -2.03. The van der Waals surface area contributed by atoms with E-state index in [0.717, 1.165) is 6.42 Å². The van der Waals surface area contributed by atoms with Crippen molar-refractivity contribution >= 4 is 0 Å². The zero-order valence-corrected chi connectivity index (χ0v) is 15.3. The van der Waals surface area contributed by atoms with Crippen molar-refractivity contribution in [2.75, 3.05) is 0 Å². The molecule has 130 valence electrons. The van der Waals surface area contributed by atoms with Gasteiger partial charge in [0, 0.05) is 6.20 Å². The van der Waals surface area contributed by atoms with E-state index in [1.54, 1.807) is 0 Å². The summed E-state index contributed by atoms with van der Waals surface area (Å²) in [6.07, 6.45) is 28.2. The molecule has 0 fully saturated rings. The Balaban J connectivity index is 2.94. The molecule has 0 saturated heterocycles. The Morgan fingerprint density at radius 2 is 0.818 bits per heavy atom. The van der Waals surface area contributed by atoms with Crippen LogP contribution in [-0.4, -0.2) is 0 Å². The molecule has 0 aliphatic heterocycles. The van der Waals surface area contributed by atoms with Gasteiger partial charge in [-0.05, 0) is 12.8 Å². The second-order valence-corrected chi connectivity index (χ2v) is 6.83. The molecule has 0 rings (SSSR count). The van der Waals surface area contributed by atoms with Gasteiger partial charge in [-0.25, -0.2) is 0 Å². The molecule has 2 radical (unpaired) electrons. The van der Waals surface area contributed by atoms with Crippen LogP contribution in [0.25, 0.3) is 0 Å². The number of unbranched alkanes of at least 4 members (excludes halogenated alkanes) is 17. The third-order valence-electron chi connectivity index (χ3n) is 4.58. The first-order valence-electron chi connectivity index (χ1n) is 10.2. The third kappa shape index (κ3) is 19.5. The Hall–Kier alpha value is -0.460. The van der Waals surface area contributed by atoms with Gasteiger partial charge in [0.05, 0.1) is 0 Å². The van der Waals surface area contributed by atoms with E-state index in [4.69, 9.17) is 5.73 Å². The lowest BCUT2D eigenvalue weighted by molar-refractivity contribution is 0.527. The van der Waals surface area contributed by atoms with Crippen LogP contribution in [0.15, 0.2) is 12.3 Å². The molecular weight excluding hydrogens is 266 g/mol. The lowest BCUT2D eigenvalue weighted by atomic mass is 10.0. The molecule has 0 unspecified atom stereocenters. The first kappa shape index (κ1) is 21.5. The largest absolute Gasteiger partial charge is 0.160 e. The van der Waals surface area contributed by atoms with Gasteiger partial charge in [0.1, 0.15) is 0 Å². The molecule has 0 saturated carbocycles. The van der Waals surface area contributed by atoms with Crippen LogP contribution < -0.4 is 5.73 Å². The quantitative estimate of drug-likeness (QED) is 0.232. The topological polar surface area (TPSA) is 22.3 Å². The van der Waals surface area contributed by atoms with E-state index in [2.05, 4.69) is 6.92 Å². The third-order valence-corrected chi connectivity index (χ3v) is 4.58. The monoisotopic (exact) mass is 307 g/mol. The molecule has 0 aromatic rings. The molecule has 0 heterocycles. The highest BCUT2D eigenvalue weighted by molar-refractivity contribution is 4.74. The fourth-order valence-corrected chi connectivity index (χ4v) is 3.06. The number of hydrogen-bond donors (Lipinski definition) is 0. The van der Waals surface area contributed by atoms with E-state index < -0.39 is 0 Å². The molecule has 1 heteroatoms. The minimum absolute atomic E-state index is 1.04. The minimum atomic E-state index is 1.04. The highest BCUT2D eigenvalue weighted by Crippen LogP contribution is 2.14. The summed E-state index contributed by atoms with van der Waals surface area (Å²) in [5.74, 6) is 0. The van der Waals surface area contributed by atoms with Crippen LogP contribution in [0, 0.1) is 0 Å². The molecule has 0 amide bonds. The van der Waals surface area contributed by atoms with Crippen molar-refractivity contribution in [2.24, 2.45) is 0 Å². The first-order valence-corrected chi connectivity index (χ1v) is 10.2. The second-order valence-electron chi connectivity index (χ2n) is 6.83. The molecule has 1 nitrogen and oxygen atoms in total. The minimum Gasteiger partial charge on any atom is -0.160 e. The van der Waals surface area contributed by atoms with Gasteiger partial charge in [-0.15, -0.1) is 0 Å². The Morgan fingerprint density at radius 3 is 1.14 bits per heavy atom. The van der Waals surface area contributed by atoms with E-state index in [9.17, 15) is 0 Å². The lowest BCUT2D eigenvalue weighted by Crippen LogP contribution is -1.83. The molecule has 0 aliphatic rings. The van der Waals surface area contributed by atoms with E-state index in [-0.39, 0.29) is 0 Å². The van der Waals surface area contributed by atoms with Gasteiger partial charge >= 0.3 is 0 Å². The van der Waals surface area contributed by atoms with Gasteiger partial charge < -0.3 is 0 Å². The van der Waals surface area contributed by atoms with Crippen LogP contribution >= 0.6 is 0 Å². The molecule has 0 bridgehead atoms. The zero-order valence-electron chi connectivity index (χ0n) is 15.3. The van der Waals surface area contributed by atoms with E-state index in [1.807, 2.05) is 6.08 Å². The summed E-state index contributed by atoms with van der Waals surface area (Å²) in [5.41, 5.74) is 8.52. The fraction of sp³-hybridized carbons (Fsp3) is 0.905. The summed E-state index contributed by atoms with van der Waals surface area (Å²) in [4.78, 5) is 0. The maximum Gasteiger partial charge on any atom is 0.0455 e. The van der Waals surface area contributed by atoms with Crippen molar-refractivity contribution in [3.63, 3.8) is 0 Å². The van der Waals surface area contributed by atoms with E-state index >= 15 is 0 Å². The zero-order chi connectivity index (χ0) is 16.1. The van der Waals surface area contributed by atoms with Gasteiger partial charge in [-0.2, -0.15) is 5.73 Å². The van der Waals surface area contributed by atoms with Crippen LogP contribution in [0.2, 0.25) is 0 Å². The van der Waals surface area contributed by atoms with Gasteiger partial charge in [0.15, 0.2) is 0 Å². The van der Waals surface area contributed by atoms with Gasteiger partial charge in [-0.1, -0.05) is 116 Å². The SMILES string of the molecule is CCCCCCCCCCCCCCCCCCCC=C[N]. The number of nitrogens with zero attached hydrogens (tertiary/aromatic N) is 1. The second kappa shape index (κ2) is 20.5. The van der Waals surface area contributed by atoms with E-state index in [1.165, 1.54) is 115 Å². The molecule has 0 spiro atoms. The Morgan fingerprint density at radius 1 is 0.500 bits per heavy atom. The van der Waals surface area contributed by atoms with Gasteiger partial charge in [-0.3, -0.25) is 0 Å². The van der Waals surface area contributed by atoms with Crippen LogP contribution in [0.1, 0.15) is 122 Å². The first-order chi connectivity index (χ1) is 10.9. The summed E-state index contributed by atoms with van der Waals surface area (Å²) in [5, 5.41) is 0. The summed E-state index contributed by atoms with van der Waals surface area (Å²) in [6.45, 7) is 2.29. The molecular formula is C21H41N. The summed E-state index contributed by atoms with van der Waals surface area (Å²) in [6, 6.07) is 0. The van der Waals surface area contributed by atoms with Gasteiger partial charge in [0.2, 0.25) is 0 Å². The standard InChI is InChI=1S/C21H41N/c1-2-3-4-5-6-7-8-9-10-11-12-13-14-15-16-17-18-19-20-21-22/h20-21H,2-19H2,1H3. The molecule has 0 aromatic carbocycles. The average molecular weight is 308 g/mol. The smallest absolute Gasteiger partial charge is 0.0455 e. The van der Waals surface area contributed by atoms with E-state index in [0.29, 0.717) is 0 Å². The Bertz CT molecular complexity index is 210. The Kier molecular flexibility index (Phi) is 20.1. The normalized spacial score (nSPS) is 11.5. The number of rotatable bonds is 18. The number of allylic oxidation sites excluding steroid dienone is 1. The van der Waals surface area contributed by atoms with Crippen LogP contribution in [0.4, 0.5) is 0 Å². The predicted molar refractivity (Wildman–Crippen MR) is 100 cm³/mol. The van der Waals surface area contributed by atoms with Crippen molar-refractivity contribution in [2.45, 2.75) is 122 Å². The average Bonchev–Trinajstić information content (AvgIpc) is 2.54. The van der Waals surface area contributed by atoms with Crippen molar-refractivity contribution in [3.8, 4) is 0 Å². The van der Waals surface area contributed by atoms with Crippen LogP contribution in [0.3, 0.4) is 0 Å². The number of hydrogen-bond acceptors (Lipinski definition) is 0. The summed E-state index contributed by atoms with van der Waals surface area (Å²) in [7, 11) is 0. The van der Waals surface area contributed by atoms with Crippen LogP contribution in [0.5, 0.6) is 0 Å². The maximum absolute atomic E-state index is 8.52. The maximum atomic E-state index is 8.52.